The van der Waals surface area contributed by atoms with Gasteiger partial charge in [0.05, 0.1) is 0 Å². The molecule has 1 aromatic carbocycles. The molecule has 0 heterocycles. The van der Waals surface area contributed by atoms with Gasteiger partial charge in [-0.05, 0) is 24.1 Å². The molecule has 0 radical (unpaired) electrons. The fourth-order valence-electron chi connectivity index (χ4n) is 1.99. The molecule has 0 spiro atoms. The first-order valence-electron chi connectivity index (χ1n) is 6.39. The van der Waals surface area contributed by atoms with Crippen molar-refractivity contribution < 1.29 is 5.11 Å². The van der Waals surface area contributed by atoms with Gasteiger partial charge in [-0.2, -0.15) is 0 Å². The van der Waals surface area contributed by atoms with E-state index < -0.39 is 0 Å². The van der Waals surface area contributed by atoms with E-state index in [1.165, 1.54) is 17.7 Å². The van der Waals surface area contributed by atoms with Crippen LogP contribution in [-0.4, -0.2) is 25.3 Å². The Kier molecular flexibility index (Phi) is 5.01. The van der Waals surface area contributed by atoms with Gasteiger partial charge >= 0.3 is 0 Å². The number of benzene rings is 1. The van der Waals surface area contributed by atoms with Gasteiger partial charge in [-0.25, -0.2) is 0 Å². The van der Waals surface area contributed by atoms with Crippen LogP contribution in [-0.2, 0) is 6.42 Å². The van der Waals surface area contributed by atoms with E-state index in [2.05, 4.69) is 57.0 Å². The van der Waals surface area contributed by atoms with Crippen molar-refractivity contribution in [3.8, 4) is 0 Å². The van der Waals surface area contributed by atoms with Crippen LogP contribution in [0.3, 0.4) is 0 Å². The minimum absolute atomic E-state index is 0.0587. The van der Waals surface area contributed by atoms with Crippen LogP contribution < -0.4 is 4.90 Å². The van der Waals surface area contributed by atoms with Crippen molar-refractivity contribution in [1.82, 2.24) is 0 Å². The highest BCUT2D eigenvalue weighted by molar-refractivity contribution is 5.47. The summed E-state index contributed by atoms with van der Waals surface area (Å²) in [6.07, 6.45) is 2.33. The third-order valence-electron chi connectivity index (χ3n) is 3.01. The SMILES string of the molecule is CCCc1ccc(N(C)CC(C)(C)CO)cc1. The first kappa shape index (κ1) is 14.0. The molecule has 96 valence electrons. The lowest BCUT2D eigenvalue weighted by Gasteiger charge is -2.30. The van der Waals surface area contributed by atoms with Crippen molar-refractivity contribution in [3.05, 3.63) is 29.8 Å². The van der Waals surface area contributed by atoms with Crippen molar-refractivity contribution in [3.63, 3.8) is 0 Å². The summed E-state index contributed by atoms with van der Waals surface area (Å²) in [5.41, 5.74) is 2.55. The molecule has 2 nitrogen and oxygen atoms in total. The lowest BCUT2D eigenvalue weighted by atomic mass is 9.94. The highest BCUT2D eigenvalue weighted by atomic mass is 16.3. The molecule has 0 aliphatic carbocycles. The molecule has 0 unspecified atom stereocenters. The van der Waals surface area contributed by atoms with Crippen LogP contribution in [0.2, 0.25) is 0 Å². The predicted octanol–water partition coefficient (Wildman–Crippen LogP) is 3.09. The van der Waals surface area contributed by atoms with Gasteiger partial charge in [0.2, 0.25) is 0 Å². The maximum Gasteiger partial charge on any atom is 0.0499 e. The molecular weight excluding hydrogens is 210 g/mol. The third-order valence-corrected chi connectivity index (χ3v) is 3.01. The Hall–Kier alpha value is -1.02. The molecule has 0 bridgehead atoms. The molecule has 2 heteroatoms. The number of rotatable bonds is 6. The standard InChI is InChI=1S/C15H25NO/c1-5-6-13-7-9-14(10-8-13)16(4)11-15(2,3)12-17/h7-10,17H,5-6,11-12H2,1-4H3. The first-order valence-corrected chi connectivity index (χ1v) is 6.39. The van der Waals surface area contributed by atoms with E-state index in [0.29, 0.717) is 0 Å². The average molecular weight is 235 g/mol. The van der Waals surface area contributed by atoms with Crippen LogP contribution in [0.25, 0.3) is 0 Å². The van der Waals surface area contributed by atoms with E-state index in [1.807, 2.05) is 0 Å². The zero-order valence-electron chi connectivity index (χ0n) is 11.5. The van der Waals surface area contributed by atoms with E-state index in [-0.39, 0.29) is 12.0 Å². The van der Waals surface area contributed by atoms with Crippen LogP contribution in [0.1, 0.15) is 32.8 Å². The molecule has 0 fully saturated rings. The number of hydrogen-bond acceptors (Lipinski definition) is 2. The smallest absolute Gasteiger partial charge is 0.0499 e. The average Bonchev–Trinajstić information content (AvgIpc) is 2.30. The highest BCUT2D eigenvalue weighted by Crippen LogP contribution is 2.21. The topological polar surface area (TPSA) is 23.5 Å². The number of aliphatic hydroxyl groups excluding tert-OH is 1. The fourth-order valence-corrected chi connectivity index (χ4v) is 1.99. The van der Waals surface area contributed by atoms with Gasteiger partial charge in [0.15, 0.2) is 0 Å². The van der Waals surface area contributed by atoms with Crippen molar-refractivity contribution >= 4 is 5.69 Å². The Bertz CT molecular complexity index is 329. The van der Waals surface area contributed by atoms with E-state index in [0.717, 1.165) is 13.0 Å². The summed E-state index contributed by atoms with van der Waals surface area (Å²) in [6.45, 7) is 7.43. The molecule has 1 aromatic rings. The summed E-state index contributed by atoms with van der Waals surface area (Å²) in [4.78, 5) is 2.20. The summed E-state index contributed by atoms with van der Waals surface area (Å²) < 4.78 is 0. The second kappa shape index (κ2) is 6.06. The van der Waals surface area contributed by atoms with E-state index >= 15 is 0 Å². The second-order valence-electron chi connectivity index (χ2n) is 5.59. The quantitative estimate of drug-likeness (QED) is 0.819. The summed E-state index contributed by atoms with van der Waals surface area (Å²) in [7, 11) is 2.08. The van der Waals surface area contributed by atoms with Crippen molar-refractivity contribution in [2.45, 2.75) is 33.6 Å². The maximum absolute atomic E-state index is 9.28. The van der Waals surface area contributed by atoms with Gasteiger partial charge in [-0.3, -0.25) is 0 Å². The minimum atomic E-state index is -0.0587. The van der Waals surface area contributed by atoms with Gasteiger partial charge in [0.25, 0.3) is 0 Å². The molecule has 1 rings (SSSR count). The number of aryl methyl sites for hydroxylation is 1. The first-order chi connectivity index (χ1) is 7.98. The number of aliphatic hydroxyl groups is 1. The van der Waals surface area contributed by atoms with Crippen molar-refractivity contribution in [2.24, 2.45) is 5.41 Å². The fraction of sp³-hybridized carbons (Fsp3) is 0.600. The number of hydrogen-bond donors (Lipinski definition) is 1. The molecule has 0 aromatic heterocycles. The molecule has 0 atom stereocenters. The van der Waals surface area contributed by atoms with E-state index in [4.69, 9.17) is 0 Å². The zero-order chi connectivity index (χ0) is 12.9. The van der Waals surface area contributed by atoms with Crippen LogP contribution in [0, 0.1) is 5.41 Å². The van der Waals surface area contributed by atoms with Gasteiger partial charge in [0, 0.05) is 31.3 Å². The molecular formula is C15H25NO. The Morgan fingerprint density at radius 3 is 2.24 bits per heavy atom. The van der Waals surface area contributed by atoms with Crippen LogP contribution >= 0.6 is 0 Å². The summed E-state index contributed by atoms with van der Waals surface area (Å²) in [5.74, 6) is 0. The zero-order valence-corrected chi connectivity index (χ0v) is 11.5. The molecule has 17 heavy (non-hydrogen) atoms. The van der Waals surface area contributed by atoms with Crippen molar-refractivity contribution in [2.75, 3.05) is 25.1 Å². The van der Waals surface area contributed by atoms with E-state index in [1.54, 1.807) is 0 Å². The molecule has 0 aliphatic rings. The number of anilines is 1. The largest absolute Gasteiger partial charge is 0.396 e. The molecule has 0 amide bonds. The van der Waals surface area contributed by atoms with Gasteiger partial charge < -0.3 is 10.0 Å². The van der Waals surface area contributed by atoms with Gasteiger partial charge in [-0.1, -0.05) is 39.3 Å². The molecule has 0 aliphatic heterocycles. The lowest BCUT2D eigenvalue weighted by molar-refractivity contribution is 0.165. The predicted molar refractivity (Wildman–Crippen MR) is 74.6 cm³/mol. The Balaban J connectivity index is 2.66. The van der Waals surface area contributed by atoms with Gasteiger partial charge in [0.1, 0.15) is 0 Å². The lowest BCUT2D eigenvalue weighted by Crippen LogP contribution is -2.33. The summed E-state index contributed by atoms with van der Waals surface area (Å²) in [6, 6.07) is 8.72. The molecule has 1 N–H and O–H groups in total. The van der Waals surface area contributed by atoms with Crippen molar-refractivity contribution in [1.29, 1.82) is 0 Å². The van der Waals surface area contributed by atoms with Crippen LogP contribution in [0.4, 0.5) is 5.69 Å². The Labute approximate surface area is 105 Å². The second-order valence-corrected chi connectivity index (χ2v) is 5.59. The normalized spacial score (nSPS) is 11.6. The van der Waals surface area contributed by atoms with Crippen LogP contribution in [0.5, 0.6) is 0 Å². The Morgan fingerprint density at radius 1 is 1.18 bits per heavy atom. The maximum atomic E-state index is 9.28. The van der Waals surface area contributed by atoms with Crippen LogP contribution in [0.15, 0.2) is 24.3 Å². The number of nitrogens with zero attached hydrogens (tertiary/aromatic N) is 1. The monoisotopic (exact) mass is 235 g/mol. The third kappa shape index (κ3) is 4.39. The van der Waals surface area contributed by atoms with E-state index in [9.17, 15) is 5.11 Å². The minimum Gasteiger partial charge on any atom is -0.396 e. The van der Waals surface area contributed by atoms with Gasteiger partial charge in [-0.15, -0.1) is 0 Å². The molecule has 0 saturated carbocycles. The summed E-state index contributed by atoms with van der Waals surface area (Å²) >= 11 is 0. The molecule has 0 saturated heterocycles. The summed E-state index contributed by atoms with van der Waals surface area (Å²) in [5, 5.41) is 9.28. The Morgan fingerprint density at radius 2 is 1.76 bits per heavy atom. The highest BCUT2D eigenvalue weighted by Gasteiger charge is 2.19.